The number of hydrogen-bond acceptors (Lipinski definition) is 7. The van der Waals surface area contributed by atoms with Gasteiger partial charge in [-0.3, -0.25) is 24.1 Å². The molecule has 9 nitrogen and oxygen atoms in total. The number of carbonyl (C=O) groups is 4. The fourth-order valence-corrected chi connectivity index (χ4v) is 4.64. The summed E-state index contributed by atoms with van der Waals surface area (Å²) in [6.45, 7) is 1.32. The number of imide groups is 1. The Labute approximate surface area is 237 Å². The molecule has 0 aromatic heterocycles. The van der Waals surface area contributed by atoms with Crippen LogP contribution in [-0.2, 0) is 14.4 Å². The Morgan fingerprint density at radius 3 is 2.23 bits per heavy atom. The van der Waals surface area contributed by atoms with Crippen molar-refractivity contribution in [2.75, 3.05) is 30.9 Å². The van der Waals surface area contributed by atoms with Gasteiger partial charge < -0.3 is 20.1 Å². The van der Waals surface area contributed by atoms with E-state index in [0.717, 1.165) is 26.7 Å². The van der Waals surface area contributed by atoms with Gasteiger partial charge in [-0.05, 0) is 78.9 Å². The number of nitrogens with zero attached hydrogens (tertiary/aromatic N) is 1. The van der Waals surface area contributed by atoms with E-state index in [4.69, 9.17) is 9.47 Å². The summed E-state index contributed by atoms with van der Waals surface area (Å²) in [5.74, 6) is -0.701. The molecule has 3 aromatic rings. The summed E-state index contributed by atoms with van der Waals surface area (Å²) in [5.41, 5.74) is 2.87. The molecule has 4 rings (SSSR count). The summed E-state index contributed by atoms with van der Waals surface area (Å²) in [5, 5.41) is 4.88. The van der Waals surface area contributed by atoms with Crippen LogP contribution in [0.1, 0.15) is 11.1 Å². The molecule has 0 saturated carbocycles. The molecule has 0 bridgehead atoms. The summed E-state index contributed by atoms with van der Waals surface area (Å²) in [6, 6.07) is 19.2. The Balaban J connectivity index is 1.37. The van der Waals surface area contributed by atoms with Crippen molar-refractivity contribution in [3.05, 3.63) is 87.2 Å². The summed E-state index contributed by atoms with van der Waals surface area (Å²) in [6.07, 6.45) is 1.54. The first-order chi connectivity index (χ1) is 18.7. The minimum atomic E-state index is -0.567. The second kappa shape index (κ2) is 12.6. The van der Waals surface area contributed by atoms with Crippen LogP contribution in [-0.4, -0.2) is 48.1 Å². The highest BCUT2D eigenvalue weighted by Gasteiger charge is 2.36. The Kier molecular flexibility index (Phi) is 9.05. The molecule has 0 atom stereocenters. The monoisotopic (exact) mass is 609 g/mol. The first-order valence-corrected chi connectivity index (χ1v) is 13.3. The summed E-state index contributed by atoms with van der Waals surface area (Å²) in [4.78, 5) is 51.0. The number of halogens is 1. The average molecular weight is 610 g/mol. The van der Waals surface area contributed by atoms with Gasteiger partial charge in [-0.2, -0.15) is 0 Å². The Hall–Kier alpha value is -4.09. The van der Waals surface area contributed by atoms with Crippen LogP contribution in [0.25, 0.3) is 6.08 Å². The number of hydrogen-bond donors (Lipinski definition) is 2. The lowest BCUT2D eigenvalue weighted by atomic mass is 10.2. The van der Waals surface area contributed by atoms with E-state index in [2.05, 4.69) is 26.6 Å². The molecule has 1 aliphatic rings. The Bertz CT molecular complexity index is 1440. The number of rotatable bonds is 9. The fourth-order valence-electron chi connectivity index (χ4n) is 3.54. The van der Waals surface area contributed by atoms with Crippen LogP contribution in [0.4, 0.5) is 16.2 Å². The van der Waals surface area contributed by atoms with Gasteiger partial charge in [-0.1, -0.05) is 39.7 Å². The number of nitrogens with one attached hydrogen (secondary N) is 2. The van der Waals surface area contributed by atoms with Gasteiger partial charge in [0.1, 0.15) is 6.54 Å². The van der Waals surface area contributed by atoms with Crippen LogP contribution in [0, 0.1) is 6.92 Å². The van der Waals surface area contributed by atoms with Crippen LogP contribution < -0.4 is 20.1 Å². The molecule has 0 aliphatic carbocycles. The fraction of sp³-hybridized carbons (Fsp3) is 0.143. The molecule has 0 unspecified atom stereocenters. The quantitative estimate of drug-likeness (QED) is 0.310. The van der Waals surface area contributed by atoms with Crippen LogP contribution >= 0.6 is 27.7 Å². The van der Waals surface area contributed by atoms with E-state index in [1.807, 2.05) is 19.1 Å². The van der Waals surface area contributed by atoms with E-state index in [0.29, 0.717) is 28.4 Å². The van der Waals surface area contributed by atoms with Crippen molar-refractivity contribution in [3.8, 4) is 11.5 Å². The lowest BCUT2D eigenvalue weighted by Gasteiger charge is -2.13. The predicted octanol–water partition coefficient (Wildman–Crippen LogP) is 5.46. The SMILES string of the molecule is COc1cc(/C=C2/SC(=O)N(CC(=O)Nc3ccc(Br)cc3)C2=O)ccc1OCC(=O)Nc1ccc(C)cc1. The number of methoxy groups -OCH3 is 1. The molecule has 1 heterocycles. The van der Waals surface area contributed by atoms with E-state index in [1.54, 1.807) is 54.6 Å². The first-order valence-electron chi connectivity index (χ1n) is 11.7. The largest absolute Gasteiger partial charge is 0.493 e. The maximum atomic E-state index is 12.8. The zero-order valence-corrected chi connectivity index (χ0v) is 23.4. The van der Waals surface area contributed by atoms with E-state index >= 15 is 0 Å². The molecular weight excluding hydrogens is 586 g/mol. The Morgan fingerprint density at radius 2 is 1.56 bits per heavy atom. The van der Waals surface area contributed by atoms with Crippen molar-refractivity contribution >= 4 is 68.1 Å². The van der Waals surface area contributed by atoms with Crippen molar-refractivity contribution in [2.24, 2.45) is 0 Å². The predicted molar refractivity (Wildman–Crippen MR) is 154 cm³/mol. The van der Waals surface area contributed by atoms with E-state index < -0.39 is 23.6 Å². The smallest absolute Gasteiger partial charge is 0.294 e. The zero-order chi connectivity index (χ0) is 27.9. The van der Waals surface area contributed by atoms with E-state index in [-0.39, 0.29) is 17.4 Å². The third-order valence-electron chi connectivity index (χ3n) is 5.48. The minimum absolute atomic E-state index is 0.171. The van der Waals surface area contributed by atoms with Gasteiger partial charge in [0.2, 0.25) is 5.91 Å². The molecule has 200 valence electrons. The lowest BCUT2D eigenvalue weighted by Crippen LogP contribution is -2.36. The molecule has 39 heavy (non-hydrogen) atoms. The average Bonchev–Trinajstić information content (AvgIpc) is 3.17. The topological polar surface area (TPSA) is 114 Å². The highest BCUT2D eigenvalue weighted by atomic mass is 79.9. The van der Waals surface area contributed by atoms with Gasteiger partial charge in [0.15, 0.2) is 18.1 Å². The van der Waals surface area contributed by atoms with Crippen molar-refractivity contribution in [1.82, 2.24) is 4.90 Å². The van der Waals surface area contributed by atoms with Gasteiger partial charge in [0, 0.05) is 15.8 Å². The normalized spacial score (nSPS) is 13.9. The lowest BCUT2D eigenvalue weighted by molar-refractivity contribution is -0.127. The molecule has 3 aromatic carbocycles. The van der Waals surface area contributed by atoms with Gasteiger partial charge in [-0.25, -0.2) is 0 Å². The van der Waals surface area contributed by atoms with Crippen LogP contribution in [0.5, 0.6) is 11.5 Å². The number of anilines is 2. The number of ether oxygens (including phenoxy) is 2. The van der Waals surface area contributed by atoms with E-state index in [9.17, 15) is 19.2 Å². The molecule has 11 heteroatoms. The van der Waals surface area contributed by atoms with E-state index in [1.165, 1.54) is 13.2 Å². The Morgan fingerprint density at radius 1 is 0.923 bits per heavy atom. The molecule has 2 N–H and O–H groups in total. The molecule has 1 fully saturated rings. The van der Waals surface area contributed by atoms with Crippen LogP contribution in [0.2, 0.25) is 0 Å². The molecule has 1 saturated heterocycles. The van der Waals surface area contributed by atoms with Crippen molar-refractivity contribution in [2.45, 2.75) is 6.92 Å². The third-order valence-corrected chi connectivity index (χ3v) is 6.92. The molecule has 0 spiro atoms. The third kappa shape index (κ3) is 7.49. The van der Waals surface area contributed by atoms with Crippen molar-refractivity contribution in [3.63, 3.8) is 0 Å². The summed E-state index contributed by atoms with van der Waals surface area (Å²) < 4.78 is 11.9. The first kappa shape index (κ1) is 27.9. The molecule has 1 aliphatic heterocycles. The summed E-state index contributed by atoms with van der Waals surface area (Å²) in [7, 11) is 1.45. The second-order valence-corrected chi connectivity index (χ2v) is 10.3. The van der Waals surface area contributed by atoms with Crippen molar-refractivity contribution < 1.29 is 28.7 Å². The number of aryl methyl sites for hydroxylation is 1. The standard InChI is InChI=1S/C28H24BrN3O6S/c1-17-3-8-20(9-4-17)31-26(34)16-38-22-12-5-18(13-23(22)37-2)14-24-27(35)32(28(36)39-24)15-25(33)30-21-10-6-19(29)7-11-21/h3-14H,15-16H2,1-2H3,(H,30,33)(H,31,34)/b24-14+. The number of thioether (sulfide) groups is 1. The van der Waals surface area contributed by atoms with Crippen LogP contribution in [0.3, 0.4) is 0 Å². The van der Waals surface area contributed by atoms with Gasteiger partial charge in [0.05, 0.1) is 12.0 Å². The highest BCUT2D eigenvalue weighted by Crippen LogP contribution is 2.34. The second-order valence-electron chi connectivity index (χ2n) is 8.44. The summed E-state index contributed by atoms with van der Waals surface area (Å²) >= 11 is 4.07. The number of benzene rings is 3. The zero-order valence-electron chi connectivity index (χ0n) is 21.0. The highest BCUT2D eigenvalue weighted by molar-refractivity contribution is 9.10. The van der Waals surface area contributed by atoms with Gasteiger partial charge in [-0.15, -0.1) is 0 Å². The van der Waals surface area contributed by atoms with Gasteiger partial charge in [0.25, 0.3) is 17.1 Å². The molecule has 4 amide bonds. The number of carbonyl (C=O) groups excluding carboxylic acids is 4. The minimum Gasteiger partial charge on any atom is -0.493 e. The van der Waals surface area contributed by atoms with Crippen molar-refractivity contribution in [1.29, 1.82) is 0 Å². The number of amides is 4. The molecule has 0 radical (unpaired) electrons. The van der Waals surface area contributed by atoms with Crippen LogP contribution in [0.15, 0.2) is 76.1 Å². The molecular formula is C28H24BrN3O6S. The maximum Gasteiger partial charge on any atom is 0.294 e. The maximum absolute atomic E-state index is 12.8. The van der Waals surface area contributed by atoms with Gasteiger partial charge >= 0.3 is 0 Å².